The van der Waals surface area contributed by atoms with E-state index in [0.29, 0.717) is 11.3 Å². The van der Waals surface area contributed by atoms with Crippen molar-refractivity contribution in [3.8, 4) is 0 Å². The van der Waals surface area contributed by atoms with Gasteiger partial charge in [0, 0.05) is 0 Å². The zero-order valence-corrected chi connectivity index (χ0v) is 6.73. The Hall–Kier alpha value is -2.02. The monoisotopic (exact) mass is 174 g/mol. The molecule has 1 rings (SSSR count). The predicted octanol–water partition coefficient (Wildman–Crippen LogP) is 1.04. The molecule has 4 nitrogen and oxygen atoms in total. The van der Waals surface area contributed by atoms with Crippen molar-refractivity contribution in [3.63, 3.8) is 0 Å². The lowest BCUT2D eigenvalue weighted by molar-refractivity contribution is 0.559. The molecular weight excluding hydrogens is 168 g/mol. The maximum atomic E-state index is 10.0. The van der Waals surface area contributed by atoms with Crippen molar-refractivity contribution in [2.75, 3.05) is 0 Å². The highest BCUT2D eigenvalue weighted by Gasteiger charge is 2.16. The smallest absolute Gasteiger partial charge is 0.211 e. The fraction of sp³-hybridized carbons (Fsp3) is 0.111. The summed E-state index contributed by atoms with van der Waals surface area (Å²) in [6, 6.07) is -0.594. The molecule has 0 fully saturated rings. The molecule has 0 aromatic rings. The van der Waals surface area contributed by atoms with Crippen LogP contribution in [0, 0.1) is 0 Å². The molecule has 0 aromatic carbocycles. The number of aliphatic imine (C=N–C) groups is 2. The minimum absolute atomic E-state index is 0.353. The van der Waals surface area contributed by atoms with Gasteiger partial charge in [-0.2, -0.15) is 9.98 Å². The molecular formula is C9H6N2O2. The van der Waals surface area contributed by atoms with Crippen LogP contribution in [-0.4, -0.2) is 18.2 Å². The van der Waals surface area contributed by atoms with Crippen LogP contribution in [0.25, 0.3) is 0 Å². The Morgan fingerprint density at radius 3 is 2.77 bits per heavy atom. The number of carbonyl (C=O) groups excluding carboxylic acids is 2. The van der Waals surface area contributed by atoms with Crippen molar-refractivity contribution in [2.24, 2.45) is 9.98 Å². The molecule has 0 saturated carbocycles. The number of hydrogen-bond acceptors (Lipinski definition) is 4. The fourth-order valence-electron chi connectivity index (χ4n) is 0.995. The van der Waals surface area contributed by atoms with Crippen LogP contribution in [0.2, 0.25) is 0 Å². The molecule has 0 spiro atoms. The third-order valence-electron chi connectivity index (χ3n) is 1.57. The molecule has 4 heteroatoms. The van der Waals surface area contributed by atoms with Gasteiger partial charge in [-0.25, -0.2) is 9.59 Å². The SMILES string of the molecule is C=C1C=CC=C(N=C=O)C1N=C=O. The van der Waals surface area contributed by atoms with Gasteiger partial charge < -0.3 is 0 Å². The van der Waals surface area contributed by atoms with E-state index < -0.39 is 6.04 Å². The van der Waals surface area contributed by atoms with Gasteiger partial charge >= 0.3 is 0 Å². The Labute approximate surface area is 74.7 Å². The second kappa shape index (κ2) is 4.12. The maximum absolute atomic E-state index is 10.0. The Bertz CT molecular complexity index is 380. The van der Waals surface area contributed by atoms with Gasteiger partial charge in [0.2, 0.25) is 12.2 Å². The highest BCUT2D eigenvalue weighted by Crippen LogP contribution is 2.20. The highest BCUT2D eigenvalue weighted by atomic mass is 16.1. The van der Waals surface area contributed by atoms with Gasteiger partial charge in [0.15, 0.2) is 0 Å². The molecule has 1 aliphatic carbocycles. The summed E-state index contributed by atoms with van der Waals surface area (Å²) < 4.78 is 0. The molecule has 0 N–H and O–H groups in total. The maximum Gasteiger partial charge on any atom is 0.240 e. The van der Waals surface area contributed by atoms with E-state index >= 15 is 0 Å². The van der Waals surface area contributed by atoms with Crippen LogP contribution in [-0.2, 0) is 9.59 Å². The molecule has 0 aromatic heterocycles. The van der Waals surface area contributed by atoms with Gasteiger partial charge in [0.25, 0.3) is 0 Å². The number of isocyanates is 2. The zero-order valence-electron chi connectivity index (χ0n) is 6.73. The van der Waals surface area contributed by atoms with Crippen LogP contribution in [0.15, 0.2) is 46.1 Å². The van der Waals surface area contributed by atoms with Gasteiger partial charge in [0.05, 0.1) is 5.70 Å². The predicted molar refractivity (Wildman–Crippen MR) is 46.4 cm³/mol. The van der Waals surface area contributed by atoms with Crippen LogP contribution < -0.4 is 0 Å². The molecule has 0 aliphatic heterocycles. The molecule has 0 radical (unpaired) electrons. The first kappa shape index (κ1) is 9.07. The second-order valence-electron chi connectivity index (χ2n) is 2.35. The van der Waals surface area contributed by atoms with Gasteiger partial charge in [-0.3, -0.25) is 0 Å². The first-order valence-electron chi connectivity index (χ1n) is 3.51. The van der Waals surface area contributed by atoms with E-state index in [2.05, 4.69) is 16.6 Å². The van der Waals surface area contributed by atoms with Gasteiger partial charge in [-0.05, 0) is 11.6 Å². The number of rotatable bonds is 2. The number of hydrogen-bond donors (Lipinski definition) is 0. The van der Waals surface area contributed by atoms with E-state index in [0.717, 1.165) is 0 Å². The van der Waals surface area contributed by atoms with E-state index in [4.69, 9.17) is 0 Å². The summed E-state index contributed by atoms with van der Waals surface area (Å²) in [5, 5.41) is 0. The first-order valence-corrected chi connectivity index (χ1v) is 3.51. The van der Waals surface area contributed by atoms with Gasteiger partial charge in [0.1, 0.15) is 6.04 Å². The molecule has 0 bridgehead atoms. The van der Waals surface area contributed by atoms with Gasteiger partial charge in [-0.15, -0.1) is 0 Å². The summed E-state index contributed by atoms with van der Waals surface area (Å²) in [4.78, 5) is 26.9. The van der Waals surface area contributed by atoms with E-state index in [1.165, 1.54) is 12.2 Å². The van der Waals surface area contributed by atoms with Crippen molar-refractivity contribution in [2.45, 2.75) is 6.04 Å². The minimum Gasteiger partial charge on any atom is -0.211 e. The average molecular weight is 174 g/mol. The Kier molecular flexibility index (Phi) is 2.87. The molecule has 1 atom stereocenters. The molecule has 0 amide bonds. The summed E-state index contributed by atoms with van der Waals surface area (Å²) in [7, 11) is 0. The summed E-state index contributed by atoms with van der Waals surface area (Å²) in [5.41, 5.74) is 0.950. The largest absolute Gasteiger partial charge is 0.240 e. The number of nitrogens with zero attached hydrogens (tertiary/aromatic N) is 2. The van der Waals surface area contributed by atoms with Crippen LogP contribution >= 0.6 is 0 Å². The van der Waals surface area contributed by atoms with Crippen LogP contribution in [0.4, 0.5) is 0 Å². The highest BCUT2D eigenvalue weighted by molar-refractivity contribution is 5.48. The van der Waals surface area contributed by atoms with E-state index in [-0.39, 0.29) is 0 Å². The van der Waals surface area contributed by atoms with Crippen molar-refractivity contribution in [1.82, 2.24) is 0 Å². The topological polar surface area (TPSA) is 58.9 Å². The third kappa shape index (κ3) is 1.97. The lowest BCUT2D eigenvalue weighted by atomic mass is 10.0. The van der Waals surface area contributed by atoms with E-state index in [9.17, 15) is 9.59 Å². The zero-order chi connectivity index (χ0) is 9.68. The molecule has 13 heavy (non-hydrogen) atoms. The van der Waals surface area contributed by atoms with Gasteiger partial charge in [-0.1, -0.05) is 18.7 Å². The van der Waals surface area contributed by atoms with Crippen LogP contribution in [0.5, 0.6) is 0 Å². The Morgan fingerprint density at radius 1 is 1.38 bits per heavy atom. The van der Waals surface area contributed by atoms with Crippen LogP contribution in [0.1, 0.15) is 0 Å². The molecule has 1 aliphatic rings. The normalized spacial score (nSPS) is 19.8. The minimum atomic E-state index is -0.594. The van der Waals surface area contributed by atoms with E-state index in [1.54, 1.807) is 18.2 Å². The molecule has 0 heterocycles. The molecule has 64 valence electrons. The van der Waals surface area contributed by atoms with Crippen molar-refractivity contribution in [3.05, 3.63) is 36.1 Å². The fourth-order valence-corrected chi connectivity index (χ4v) is 0.995. The quantitative estimate of drug-likeness (QED) is 0.463. The lowest BCUT2D eigenvalue weighted by Gasteiger charge is -2.12. The van der Waals surface area contributed by atoms with Crippen molar-refractivity contribution >= 4 is 12.2 Å². The van der Waals surface area contributed by atoms with E-state index in [1.807, 2.05) is 0 Å². The standard InChI is InChI=1S/C9H6N2O2/c1-7-3-2-4-8(10-5-12)9(7)11-6-13/h2-4,9H,1H2. The molecule has 0 saturated heterocycles. The Balaban J connectivity index is 3.08. The third-order valence-corrected chi connectivity index (χ3v) is 1.57. The summed E-state index contributed by atoms with van der Waals surface area (Å²) in [5.74, 6) is 0. The second-order valence-corrected chi connectivity index (χ2v) is 2.35. The summed E-state index contributed by atoms with van der Waals surface area (Å²) in [6.45, 7) is 3.66. The van der Waals surface area contributed by atoms with Crippen molar-refractivity contribution in [1.29, 1.82) is 0 Å². The molecule has 1 unspecified atom stereocenters. The average Bonchev–Trinajstić information content (AvgIpc) is 2.11. The summed E-state index contributed by atoms with van der Waals surface area (Å²) >= 11 is 0. The van der Waals surface area contributed by atoms with Crippen molar-refractivity contribution < 1.29 is 9.59 Å². The summed E-state index contributed by atoms with van der Waals surface area (Å²) in [6.07, 6.45) is 7.73. The Morgan fingerprint density at radius 2 is 2.15 bits per heavy atom. The first-order chi connectivity index (χ1) is 6.29. The van der Waals surface area contributed by atoms with Crippen LogP contribution in [0.3, 0.4) is 0 Å². The lowest BCUT2D eigenvalue weighted by Crippen LogP contribution is -2.10. The number of allylic oxidation sites excluding steroid dienone is 2.